The molecule has 0 saturated carbocycles. The Bertz CT molecular complexity index is 435. The van der Waals surface area contributed by atoms with E-state index in [1.165, 1.54) is 0 Å². The van der Waals surface area contributed by atoms with Crippen molar-refractivity contribution in [2.75, 3.05) is 7.11 Å². The molecule has 0 bridgehead atoms. The average molecular weight is 300 g/mol. The van der Waals surface area contributed by atoms with Gasteiger partial charge in [0.2, 0.25) is 0 Å². The monoisotopic (exact) mass is 300 g/mol. The highest BCUT2D eigenvalue weighted by Crippen LogP contribution is 2.46. The van der Waals surface area contributed by atoms with Gasteiger partial charge in [-0.1, -0.05) is 41.5 Å². The van der Waals surface area contributed by atoms with Gasteiger partial charge in [0.25, 0.3) is 0 Å². The molecule has 20 heavy (non-hydrogen) atoms. The molecule has 4 nitrogen and oxygen atoms in total. The van der Waals surface area contributed by atoms with Gasteiger partial charge in [-0.25, -0.2) is 0 Å². The van der Waals surface area contributed by atoms with Gasteiger partial charge >= 0.3 is 8.60 Å². The topological polar surface area (TPSA) is 58.9 Å². The quantitative estimate of drug-likeness (QED) is 0.832. The Morgan fingerprint density at radius 3 is 1.55 bits per heavy atom. The molecule has 0 aliphatic carbocycles. The van der Waals surface area contributed by atoms with Crippen molar-refractivity contribution >= 4 is 8.60 Å². The zero-order valence-electron chi connectivity index (χ0n) is 13.3. The average Bonchev–Trinajstić information content (AvgIpc) is 2.25. The summed E-state index contributed by atoms with van der Waals surface area (Å²) in [7, 11) is -0.833. The summed E-state index contributed by atoms with van der Waals surface area (Å²) >= 11 is 0. The third-order valence-electron chi connectivity index (χ3n) is 3.09. The van der Waals surface area contributed by atoms with E-state index in [4.69, 9.17) is 9.26 Å². The number of ether oxygens (including phenoxy) is 1. The van der Waals surface area contributed by atoms with Crippen LogP contribution >= 0.6 is 8.60 Å². The maximum Gasteiger partial charge on any atom is 0.391 e. The van der Waals surface area contributed by atoms with Crippen LogP contribution in [0.1, 0.15) is 52.7 Å². The zero-order valence-corrected chi connectivity index (χ0v) is 14.2. The van der Waals surface area contributed by atoms with Crippen molar-refractivity contribution in [3.05, 3.63) is 23.3 Å². The van der Waals surface area contributed by atoms with E-state index in [1.807, 2.05) is 12.1 Å². The van der Waals surface area contributed by atoms with Crippen LogP contribution in [0, 0.1) is 0 Å². The van der Waals surface area contributed by atoms with E-state index < -0.39 is 8.60 Å². The van der Waals surface area contributed by atoms with E-state index in [9.17, 15) is 9.79 Å². The van der Waals surface area contributed by atoms with Crippen LogP contribution in [0.15, 0.2) is 12.1 Å². The van der Waals surface area contributed by atoms with Gasteiger partial charge in [-0.3, -0.25) is 0 Å². The van der Waals surface area contributed by atoms with Crippen LogP contribution in [0.5, 0.6) is 11.5 Å². The van der Waals surface area contributed by atoms with Gasteiger partial charge in [-0.2, -0.15) is 0 Å². The van der Waals surface area contributed by atoms with Crippen LogP contribution < -0.4 is 9.26 Å². The molecule has 0 aliphatic rings. The van der Waals surface area contributed by atoms with Crippen molar-refractivity contribution in [3.63, 3.8) is 0 Å². The molecule has 1 rings (SSSR count). The molecule has 0 heterocycles. The maximum atomic E-state index is 9.28. The largest absolute Gasteiger partial charge is 0.497 e. The molecular formula is C15H25O4P. The Balaban J connectivity index is 3.63. The SMILES string of the molecule is COc1cc(C(C)(C)C)c(OP(O)O)c(C(C)(C)C)c1. The summed E-state index contributed by atoms with van der Waals surface area (Å²) in [5.41, 5.74) is 1.40. The second kappa shape index (κ2) is 5.88. The third-order valence-corrected chi connectivity index (χ3v) is 3.43. The van der Waals surface area contributed by atoms with Crippen molar-refractivity contribution < 1.29 is 19.0 Å². The summed E-state index contributed by atoms with van der Waals surface area (Å²) in [6.07, 6.45) is 0. The van der Waals surface area contributed by atoms with E-state index >= 15 is 0 Å². The molecule has 5 heteroatoms. The van der Waals surface area contributed by atoms with E-state index in [1.54, 1.807) is 7.11 Å². The van der Waals surface area contributed by atoms with Gasteiger partial charge in [0.1, 0.15) is 11.5 Å². The highest BCUT2D eigenvalue weighted by molar-refractivity contribution is 7.39. The minimum absolute atomic E-state index is 0.199. The first kappa shape index (κ1) is 17.2. The lowest BCUT2D eigenvalue weighted by Gasteiger charge is -2.30. The van der Waals surface area contributed by atoms with Crippen LogP contribution in [-0.2, 0) is 10.8 Å². The molecule has 0 radical (unpaired) electrons. The lowest BCUT2D eigenvalue weighted by atomic mass is 9.79. The zero-order chi connectivity index (χ0) is 15.7. The van der Waals surface area contributed by atoms with E-state index in [0.29, 0.717) is 5.75 Å². The van der Waals surface area contributed by atoms with Crippen molar-refractivity contribution in [1.29, 1.82) is 0 Å². The molecule has 1 aromatic rings. The smallest absolute Gasteiger partial charge is 0.391 e. The number of methoxy groups -OCH3 is 1. The minimum atomic E-state index is -2.46. The lowest BCUT2D eigenvalue weighted by molar-refractivity contribution is 0.361. The highest BCUT2D eigenvalue weighted by atomic mass is 31.2. The van der Waals surface area contributed by atoms with Gasteiger partial charge < -0.3 is 19.0 Å². The van der Waals surface area contributed by atoms with Gasteiger partial charge in [-0.15, -0.1) is 0 Å². The molecule has 0 saturated heterocycles. The fraction of sp³-hybridized carbons (Fsp3) is 0.600. The summed E-state index contributed by atoms with van der Waals surface area (Å²) in [5, 5.41) is 0. The van der Waals surface area contributed by atoms with Crippen LogP contribution in [0.25, 0.3) is 0 Å². The molecular weight excluding hydrogens is 275 g/mol. The number of hydrogen-bond donors (Lipinski definition) is 2. The predicted octanol–water partition coefficient (Wildman–Crippen LogP) is 3.88. The second-order valence-electron chi connectivity index (χ2n) is 6.90. The van der Waals surface area contributed by atoms with Gasteiger partial charge in [0.15, 0.2) is 0 Å². The standard InChI is InChI=1S/C15H25O4P/c1-14(2,3)11-8-10(18-7)9-12(15(4,5)6)13(11)19-20(16)17/h8-9,16-17H,1-7H3. The van der Waals surface area contributed by atoms with E-state index in [-0.39, 0.29) is 10.8 Å². The van der Waals surface area contributed by atoms with Crippen molar-refractivity contribution in [2.24, 2.45) is 0 Å². The maximum absolute atomic E-state index is 9.28. The number of rotatable bonds is 3. The second-order valence-corrected chi connectivity index (χ2v) is 7.58. The molecule has 0 atom stereocenters. The van der Waals surface area contributed by atoms with Gasteiger partial charge in [0, 0.05) is 11.1 Å². The van der Waals surface area contributed by atoms with E-state index in [0.717, 1.165) is 16.9 Å². The van der Waals surface area contributed by atoms with Crippen LogP contribution in [-0.4, -0.2) is 16.9 Å². The molecule has 0 fully saturated rings. The number of hydrogen-bond acceptors (Lipinski definition) is 4. The molecule has 1 aromatic carbocycles. The Morgan fingerprint density at radius 1 is 0.900 bits per heavy atom. The van der Waals surface area contributed by atoms with Gasteiger partial charge in [-0.05, 0) is 23.0 Å². The molecule has 2 N–H and O–H groups in total. The van der Waals surface area contributed by atoms with Gasteiger partial charge in [0.05, 0.1) is 7.11 Å². The predicted molar refractivity (Wildman–Crippen MR) is 82.4 cm³/mol. The minimum Gasteiger partial charge on any atom is -0.497 e. The lowest BCUT2D eigenvalue weighted by Crippen LogP contribution is -2.19. The Hall–Kier alpha value is -0.830. The fourth-order valence-corrected chi connectivity index (χ4v) is 2.37. The highest BCUT2D eigenvalue weighted by Gasteiger charge is 2.29. The fourth-order valence-electron chi connectivity index (χ4n) is 2.01. The van der Waals surface area contributed by atoms with Crippen molar-refractivity contribution in [2.45, 2.75) is 52.4 Å². The normalized spacial score (nSPS) is 12.7. The summed E-state index contributed by atoms with van der Waals surface area (Å²) in [4.78, 5) is 18.6. The molecule has 0 unspecified atom stereocenters. The van der Waals surface area contributed by atoms with Crippen LogP contribution in [0.2, 0.25) is 0 Å². The number of benzene rings is 1. The van der Waals surface area contributed by atoms with E-state index in [2.05, 4.69) is 41.5 Å². The van der Waals surface area contributed by atoms with Crippen LogP contribution in [0.3, 0.4) is 0 Å². The third kappa shape index (κ3) is 4.08. The first-order valence-electron chi connectivity index (χ1n) is 6.55. The molecule has 0 aliphatic heterocycles. The van der Waals surface area contributed by atoms with Crippen molar-refractivity contribution in [1.82, 2.24) is 0 Å². The summed E-state index contributed by atoms with van der Waals surface area (Å²) in [6, 6.07) is 3.78. The molecule has 0 amide bonds. The Kier molecular flexibility index (Phi) is 5.07. The Morgan fingerprint density at radius 2 is 1.30 bits per heavy atom. The Labute approximate surface area is 122 Å². The van der Waals surface area contributed by atoms with Crippen LogP contribution in [0.4, 0.5) is 0 Å². The summed E-state index contributed by atoms with van der Waals surface area (Å²) < 4.78 is 10.7. The summed E-state index contributed by atoms with van der Waals surface area (Å²) in [6.45, 7) is 12.3. The first-order chi connectivity index (χ1) is 8.96. The molecule has 114 valence electrons. The summed E-state index contributed by atoms with van der Waals surface area (Å²) in [5.74, 6) is 1.29. The van der Waals surface area contributed by atoms with Crippen molar-refractivity contribution in [3.8, 4) is 11.5 Å². The first-order valence-corrected chi connectivity index (χ1v) is 7.72. The molecule has 0 spiro atoms. The molecule has 0 aromatic heterocycles.